The van der Waals surface area contributed by atoms with Gasteiger partial charge in [-0.25, -0.2) is 4.79 Å². The Morgan fingerprint density at radius 2 is 1.57 bits per heavy atom. The second-order valence-corrected chi connectivity index (χ2v) is 9.60. The second kappa shape index (κ2) is 14.5. The van der Waals surface area contributed by atoms with Crippen molar-refractivity contribution in [3.05, 3.63) is 42.5 Å². The molecule has 0 heterocycles. The predicted octanol–water partition coefficient (Wildman–Crippen LogP) is 2.98. The molecule has 0 spiro atoms. The van der Waals surface area contributed by atoms with Crippen molar-refractivity contribution >= 4 is 34.2 Å². The molecule has 0 bridgehead atoms. The molecule has 37 heavy (non-hydrogen) atoms. The summed E-state index contributed by atoms with van der Waals surface area (Å²) in [6.07, 6.45) is -0.792. The highest BCUT2D eigenvalue weighted by atomic mass is 16.7. The SMILES string of the molecule is COC(CCC(NC(=O)[C@H](CCO)NC(=O)OC(C)(C)C)C(=O)CNc1cccc2ccccc12)OC. The lowest BCUT2D eigenvalue weighted by atomic mass is 10.0. The first kappa shape index (κ1) is 30.0. The van der Waals surface area contributed by atoms with E-state index in [-0.39, 0.29) is 31.8 Å². The van der Waals surface area contributed by atoms with E-state index in [0.717, 1.165) is 16.5 Å². The lowest BCUT2D eigenvalue weighted by molar-refractivity contribution is -0.130. The molecule has 2 rings (SSSR count). The topological polar surface area (TPSA) is 135 Å². The van der Waals surface area contributed by atoms with Gasteiger partial charge in [0.1, 0.15) is 11.6 Å². The Balaban J connectivity index is 2.14. The number of aliphatic hydroxyl groups excluding tert-OH is 1. The van der Waals surface area contributed by atoms with Crippen LogP contribution in [0.25, 0.3) is 10.8 Å². The number of anilines is 1. The minimum atomic E-state index is -1.08. The number of Topliss-reactive ketones (excluding diaryl/α,β-unsaturated/α-hetero) is 1. The number of carbonyl (C=O) groups is 3. The Kier molecular flexibility index (Phi) is 11.8. The van der Waals surface area contributed by atoms with Crippen LogP contribution in [0.2, 0.25) is 0 Å². The van der Waals surface area contributed by atoms with Crippen molar-refractivity contribution in [1.82, 2.24) is 10.6 Å². The highest BCUT2D eigenvalue weighted by Crippen LogP contribution is 2.23. The van der Waals surface area contributed by atoms with Gasteiger partial charge in [0.25, 0.3) is 0 Å². The van der Waals surface area contributed by atoms with E-state index in [1.165, 1.54) is 14.2 Å². The molecule has 4 N–H and O–H groups in total. The Bertz CT molecular complexity index is 1030. The first-order valence-electron chi connectivity index (χ1n) is 12.3. The van der Waals surface area contributed by atoms with Gasteiger partial charge in [0.05, 0.1) is 12.6 Å². The average Bonchev–Trinajstić information content (AvgIpc) is 2.85. The summed E-state index contributed by atoms with van der Waals surface area (Å²) in [5.74, 6) is -0.859. The zero-order valence-corrected chi connectivity index (χ0v) is 22.2. The number of ether oxygens (including phenoxy) is 3. The van der Waals surface area contributed by atoms with Crippen molar-refractivity contribution in [3.8, 4) is 0 Å². The van der Waals surface area contributed by atoms with E-state index in [4.69, 9.17) is 14.2 Å². The zero-order valence-electron chi connectivity index (χ0n) is 22.2. The summed E-state index contributed by atoms with van der Waals surface area (Å²) in [4.78, 5) is 38.5. The molecule has 10 heteroatoms. The van der Waals surface area contributed by atoms with E-state index in [1.54, 1.807) is 20.8 Å². The third-order valence-electron chi connectivity index (χ3n) is 5.59. The lowest BCUT2D eigenvalue weighted by Crippen LogP contribution is -2.53. The second-order valence-electron chi connectivity index (χ2n) is 9.60. The monoisotopic (exact) mass is 517 g/mol. The van der Waals surface area contributed by atoms with Crippen molar-refractivity contribution in [2.45, 2.75) is 64.0 Å². The van der Waals surface area contributed by atoms with Gasteiger partial charge in [-0.3, -0.25) is 9.59 Å². The molecule has 1 unspecified atom stereocenters. The third-order valence-corrected chi connectivity index (χ3v) is 5.59. The number of aliphatic hydroxyl groups is 1. The van der Waals surface area contributed by atoms with Crippen LogP contribution in [0.1, 0.15) is 40.0 Å². The van der Waals surface area contributed by atoms with Crippen LogP contribution in [0.5, 0.6) is 0 Å². The van der Waals surface area contributed by atoms with Crippen LogP contribution in [-0.2, 0) is 23.8 Å². The van der Waals surface area contributed by atoms with Gasteiger partial charge in [0.15, 0.2) is 12.1 Å². The summed E-state index contributed by atoms with van der Waals surface area (Å²) >= 11 is 0. The Labute approximate surface area is 218 Å². The zero-order chi connectivity index (χ0) is 27.4. The molecule has 0 saturated carbocycles. The van der Waals surface area contributed by atoms with Crippen molar-refractivity contribution in [1.29, 1.82) is 0 Å². The van der Waals surface area contributed by atoms with Crippen molar-refractivity contribution in [2.24, 2.45) is 0 Å². The molecule has 0 aliphatic heterocycles. The number of amides is 2. The molecule has 0 radical (unpaired) electrons. The van der Waals surface area contributed by atoms with E-state index in [2.05, 4.69) is 16.0 Å². The van der Waals surface area contributed by atoms with Crippen molar-refractivity contribution < 1.29 is 33.7 Å². The van der Waals surface area contributed by atoms with Crippen molar-refractivity contribution in [2.75, 3.05) is 32.7 Å². The molecule has 0 aromatic heterocycles. The molecule has 0 saturated heterocycles. The van der Waals surface area contributed by atoms with Crippen molar-refractivity contribution in [3.63, 3.8) is 0 Å². The molecule has 2 aromatic rings. The van der Waals surface area contributed by atoms with E-state index in [0.29, 0.717) is 6.42 Å². The van der Waals surface area contributed by atoms with Gasteiger partial charge in [0, 0.05) is 38.3 Å². The fourth-order valence-electron chi connectivity index (χ4n) is 3.75. The first-order chi connectivity index (χ1) is 17.6. The van der Waals surface area contributed by atoms with Gasteiger partial charge < -0.3 is 35.3 Å². The highest BCUT2D eigenvalue weighted by Gasteiger charge is 2.28. The Morgan fingerprint density at radius 3 is 2.22 bits per heavy atom. The number of methoxy groups -OCH3 is 2. The fourth-order valence-corrected chi connectivity index (χ4v) is 3.75. The highest BCUT2D eigenvalue weighted by molar-refractivity contribution is 5.97. The maximum Gasteiger partial charge on any atom is 0.408 e. The Morgan fingerprint density at radius 1 is 0.892 bits per heavy atom. The number of carbonyl (C=O) groups excluding carboxylic acids is 3. The number of hydrogen-bond donors (Lipinski definition) is 4. The van der Waals surface area contributed by atoms with Crippen LogP contribution in [-0.4, -0.2) is 74.2 Å². The van der Waals surface area contributed by atoms with E-state index >= 15 is 0 Å². The van der Waals surface area contributed by atoms with Gasteiger partial charge in [-0.15, -0.1) is 0 Å². The smallest absolute Gasteiger partial charge is 0.408 e. The third kappa shape index (κ3) is 9.99. The molecular weight excluding hydrogens is 478 g/mol. The molecule has 0 aliphatic carbocycles. The van der Waals surface area contributed by atoms with Crippen LogP contribution in [0.3, 0.4) is 0 Å². The molecule has 2 aromatic carbocycles. The van der Waals surface area contributed by atoms with E-state index in [9.17, 15) is 19.5 Å². The van der Waals surface area contributed by atoms with Gasteiger partial charge in [0.2, 0.25) is 5.91 Å². The number of nitrogens with one attached hydrogen (secondary N) is 3. The minimum Gasteiger partial charge on any atom is -0.444 e. The average molecular weight is 518 g/mol. The molecule has 0 aliphatic rings. The lowest BCUT2D eigenvalue weighted by Gasteiger charge is -2.25. The summed E-state index contributed by atoms with van der Waals surface area (Å²) in [6, 6.07) is 11.6. The normalized spacial score (nSPS) is 13.2. The van der Waals surface area contributed by atoms with Gasteiger partial charge in [-0.05, 0) is 45.1 Å². The van der Waals surface area contributed by atoms with E-state index < -0.39 is 36.0 Å². The maximum absolute atomic E-state index is 13.2. The fraction of sp³-hybridized carbons (Fsp3) is 0.519. The number of benzene rings is 2. The maximum atomic E-state index is 13.2. The predicted molar refractivity (Wildman–Crippen MR) is 141 cm³/mol. The number of fused-ring (bicyclic) bond motifs is 1. The number of hydrogen-bond acceptors (Lipinski definition) is 8. The molecular formula is C27H39N3O7. The summed E-state index contributed by atoms with van der Waals surface area (Å²) in [7, 11) is 2.99. The van der Waals surface area contributed by atoms with Crippen LogP contribution in [0.4, 0.5) is 10.5 Å². The molecule has 2 atom stereocenters. The minimum absolute atomic E-state index is 0.0340. The van der Waals surface area contributed by atoms with Gasteiger partial charge in [-0.1, -0.05) is 36.4 Å². The van der Waals surface area contributed by atoms with Gasteiger partial charge >= 0.3 is 6.09 Å². The standard InChI is InChI=1S/C27H39N3O7/c1-27(2,3)37-26(34)30-22(15-16-31)25(33)29-21(13-14-24(35-4)36-5)23(32)17-28-20-12-8-10-18-9-6-7-11-19(18)20/h6-12,21-22,24,28,31H,13-17H2,1-5H3,(H,29,33)(H,30,34)/t21?,22-/m0/s1. The van der Waals surface area contributed by atoms with Crippen LogP contribution < -0.4 is 16.0 Å². The van der Waals surface area contributed by atoms with Crippen LogP contribution >= 0.6 is 0 Å². The Hall–Kier alpha value is -3.21. The molecule has 204 valence electrons. The molecule has 0 fully saturated rings. The number of ketones is 1. The summed E-state index contributed by atoms with van der Waals surface area (Å²) in [5.41, 5.74) is 0.0405. The van der Waals surface area contributed by atoms with E-state index in [1.807, 2.05) is 42.5 Å². The largest absolute Gasteiger partial charge is 0.444 e. The summed E-state index contributed by atoms with van der Waals surface area (Å²) in [6.45, 7) is 4.73. The molecule has 2 amide bonds. The number of rotatable bonds is 14. The van der Waals surface area contributed by atoms with Crippen LogP contribution in [0.15, 0.2) is 42.5 Å². The van der Waals surface area contributed by atoms with Crippen LogP contribution in [0, 0.1) is 0 Å². The summed E-state index contributed by atoms with van der Waals surface area (Å²) in [5, 5.41) is 19.8. The molecule has 10 nitrogen and oxygen atoms in total. The summed E-state index contributed by atoms with van der Waals surface area (Å²) < 4.78 is 15.7. The first-order valence-corrected chi connectivity index (χ1v) is 12.3. The van der Waals surface area contributed by atoms with Gasteiger partial charge in [-0.2, -0.15) is 0 Å². The number of alkyl carbamates (subject to hydrolysis) is 1. The quantitative estimate of drug-likeness (QED) is 0.281.